The largest absolute Gasteiger partial charge is 0.336 e. The molecule has 1 fully saturated rings. The zero-order chi connectivity index (χ0) is 20.2. The highest BCUT2D eigenvalue weighted by atomic mass is 19.1. The van der Waals surface area contributed by atoms with Crippen LogP contribution < -0.4 is 5.32 Å². The maximum absolute atomic E-state index is 13.2. The average Bonchev–Trinajstić information content (AvgIpc) is 2.73. The van der Waals surface area contributed by atoms with E-state index in [0.29, 0.717) is 37.4 Å². The third-order valence-electron chi connectivity index (χ3n) is 5.13. The molecule has 2 amide bonds. The summed E-state index contributed by atoms with van der Waals surface area (Å²) >= 11 is 0. The van der Waals surface area contributed by atoms with E-state index < -0.39 is 0 Å². The van der Waals surface area contributed by atoms with Gasteiger partial charge >= 0.3 is 0 Å². The molecule has 0 aliphatic carbocycles. The van der Waals surface area contributed by atoms with E-state index in [2.05, 4.69) is 5.32 Å². The summed E-state index contributed by atoms with van der Waals surface area (Å²) in [6.45, 7) is 2.60. The Balaban J connectivity index is 1.31. The summed E-state index contributed by atoms with van der Waals surface area (Å²) in [5.41, 5.74) is 1.13. The van der Waals surface area contributed by atoms with Crippen molar-refractivity contribution in [1.29, 1.82) is 0 Å². The van der Waals surface area contributed by atoms with Crippen molar-refractivity contribution in [2.45, 2.75) is 0 Å². The molecule has 0 bridgehead atoms. The van der Waals surface area contributed by atoms with Crippen molar-refractivity contribution in [2.75, 3.05) is 38.0 Å². The van der Waals surface area contributed by atoms with Gasteiger partial charge < -0.3 is 10.2 Å². The van der Waals surface area contributed by atoms with E-state index in [4.69, 9.17) is 0 Å². The van der Waals surface area contributed by atoms with Crippen molar-refractivity contribution in [1.82, 2.24) is 9.80 Å². The van der Waals surface area contributed by atoms with E-state index in [0.717, 1.165) is 10.8 Å². The molecule has 4 rings (SSSR count). The molecule has 0 aromatic heterocycles. The quantitative estimate of drug-likeness (QED) is 0.742. The number of benzene rings is 3. The number of carbonyl (C=O) groups excluding carboxylic acids is 2. The Labute approximate surface area is 168 Å². The van der Waals surface area contributed by atoms with Gasteiger partial charge in [-0.15, -0.1) is 0 Å². The molecule has 0 saturated carbocycles. The fourth-order valence-corrected chi connectivity index (χ4v) is 3.58. The number of piperazine rings is 1. The van der Waals surface area contributed by atoms with Crippen molar-refractivity contribution < 1.29 is 14.0 Å². The monoisotopic (exact) mass is 391 g/mol. The number of anilines is 1. The van der Waals surface area contributed by atoms with Gasteiger partial charge in [0.25, 0.3) is 5.91 Å². The second-order valence-corrected chi connectivity index (χ2v) is 7.19. The Kier molecular flexibility index (Phi) is 5.53. The van der Waals surface area contributed by atoms with Crippen LogP contribution in [0.4, 0.5) is 10.1 Å². The minimum atomic E-state index is -0.386. The highest BCUT2D eigenvalue weighted by Gasteiger charge is 2.23. The lowest BCUT2D eigenvalue weighted by Gasteiger charge is -2.34. The Morgan fingerprint density at radius 1 is 0.862 bits per heavy atom. The van der Waals surface area contributed by atoms with Crippen LogP contribution in [0.5, 0.6) is 0 Å². The van der Waals surface area contributed by atoms with Gasteiger partial charge in [-0.1, -0.05) is 36.4 Å². The summed E-state index contributed by atoms with van der Waals surface area (Å²) in [5.74, 6) is -0.562. The van der Waals surface area contributed by atoms with Crippen LogP contribution in [0.2, 0.25) is 0 Å². The molecule has 1 aliphatic heterocycles. The third kappa shape index (κ3) is 4.60. The Morgan fingerprint density at radius 3 is 2.38 bits per heavy atom. The maximum Gasteiger partial charge on any atom is 0.253 e. The van der Waals surface area contributed by atoms with Gasteiger partial charge in [-0.2, -0.15) is 0 Å². The van der Waals surface area contributed by atoms with Crippen LogP contribution in [0.25, 0.3) is 10.8 Å². The van der Waals surface area contributed by atoms with Crippen LogP contribution in [0.1, 0.15) is 10.4 Å². The molecule has 0 atom stereocenters. The zero-order valence-corrected chi connectivity index (χ0v) is 16.0. The van der Waals surface area contributed by atoms with E-state index in [-0.39, 0.29) is 24.2 Å². The number of carbonyl (C=O) groups is 2. The number of nitrogens with one attached hydrogen (secondary N) is 1. The molecule has 1 aliphatic rings. The summed E-state index contributed by atoms with van der Waals surface area (Å²) in [5, 5.41) is 4.86. The Bertz CT molecular complexity index is 1040. The highest BCUT2D eigenvalue weighted by Crippen LogP contribution is 2.18. The summed E-state index contributed by atoms with van der Waals surface area (Å²) in [7, 11) is 0. The van der Waals surface area contributed by atoms with Gasteiger partial charge in [-0.3, -0.25) is 14.5 Å². The summed E-state index contributed by atoms with van der Waals surface area (Å²) in [6.07, 6.45) is 0. The molecule has 3 aromatic carbocycles. The van der Waals surface area contributed by atoms with Crippen LogP contribution in [-0.2, 0) is 4.79 Å². The number of nitrogens with zero attached hydrogens (tertiary/aromatic N) is 2. The minimum Gasteiger partial charge on any atom is -0.336 e. The first-order valence-corrected chi connectivity index (χ1v) is 9.64. The van der Waals surface area contributed by atoms with Gasteiger partial charge in [0, 0.05) is 37.4 Å². The van der Waals surface area contributed by atoms with Gasteiger partial charge in [-0.05, 0) is 41.1 Å². The number of fused-ring (bicyclic) bond motifs is 1. The van der Waals surface area contributed by atoms with Crippen LogP contribution in [-0.4, -0.2) is 54.3 Å². The number of halogens is 1. The average molecular weight is 391 g/mol. The normalized spacial score (nSPS) is 14.7. The predicted molar refractivity (Wildman–Crippen MR) is 111 cm³/mol. The molecule has 29 heavy (non-hydrogen) atoms. The zero-order valence-electron chi connectivity index (χ0n) is 16.0. The number of rotatable bonds is 4. The highest BCUT2D eigenvalue weighted by molar-refractivity contribution is 5.98. The van der Waals surface area contributed by atoms with Gasteiger partial charge in [0.1, 0.15) is 5.82 Å². The van der Waals surface area contributed by atoms with Crippen molar-refractivity contribution in [2.24, 2.45) is 0 Å². The van der Waals surface area contributed by atoms with E-state index >= 15 is 0 Å². The first-order chi connectivity index (χ1) is 14.1. The fraction of sp³-hybridized carbons (Fsp3) is 0.217. The summed E-state index contributed by atoms with van der Waals surface area (Å²) in [6, 6.07) is 19.6. The van der Waals surface area contributed by atoms with E-state index in [9.17, 15) is 14.0 Å². The molecular formula is C23H22FN3O2. The second kappa shape index (κ2) is 8.41. The minimum absolute atomic E-state index is 0.0135. The fourth-order valence-electron chi connectivity index (χ4n) is 3.58. The summed E-state index contributed by atoms with van der Waals surface area (Å²) < 4.78 is 13.2. The van der Waals surface area contributed by atoms with Crippen LogP contribution in [0, 0.1) is 5.82 Å². The first kappa shape index (κ1) is 19.1. The molecule has 3 aromatic rings. The first-order valence-electron chi connectivity index (χ1n) is 9.64. The standard InChI is InChI=1S/C23H22FN3O2/c24-20-6-3-7-21(15-20)25-22(28)16-26-10-12-27(13-11-26)23(29)19-9-8-17-4-1-2-5-18(17)14-19/h1-9,14-15H,10-13,16H2,(H,25,28). The van der Waals surface area contributed by atoms with Crippen LogP contribution >= 0.6 is 0 Å². The Hall–Kier alpha value is -3.25. The topological polar surface area (TPSA) is 52.7 Å². The van der Waals surface area contributed by atoms with Crippen molar-refractivity contribution in [3.63, 3.8) is 0 Å². The lowest BCUT2D eigenvalue weighted by Crippen LogP contribution is -2.50. The molecule has 0 spiro atoms. The van der Waals surface area contributed by atoms with Crippen molar-refractivity contribution in [3.05, 3.63) is 78.1 Å². The smallest absolute Gasteiger partial charge is 0.253 e. The molecule has 0 radical (unpaired) electrons. The SMILES string of the molecule is O=C(CN1CCN(C(=O)c2ccc3ccccc3c2)CC1)Nc1cccc(F)c1. The predicted octanol–water partition coefficient (Wildman–Crippen LogP) is 3.38. The maximum atomic E-state index is 13.2. The molecule has 1 saturated heterocycles. The van der Waals surface area contributed by atoms with Crippen molar-refractivity contribution in [3.8, 4) is 0 Å². The molecule has 1 heterocycles. The lowest BCUT2D eigenvalue weighted by atomic mass is 10.1. The molecule has 5 nitrogen and oxygen atoms in total. The van der Waals surface area contributed by atoms with E-state index in [1.807, 2.05) is 52.3 Å². The van der Waals surface area contributed by atoms with Crippen LogP contribution in [0.3, 0.4) is 0 Å². The van der Waals surface area contributed by atoms with Gasteiger partial charge in [-0.25, -0.2) is 4.39 Å². The number of hydrogen-bond acceptors (Lipinski definition) is 3. The molecule has 0 unspecified atom stereocenters. The van der Waals surface area contributed by atoms with Crippen LogP contribution in [0.15, 0.2) is 66.7 Å². The van der Waals surface area contributed by atoms with Gasteiger partial charge in [0.05, 0.1) is 6.54 Å². The van der Waals surface area contributed by atoms with Gasteiger partial charge in [0.15, 0.2) is 0 Å². The molecular weight excluding hydrogens is 369 g/mol. The number of amides is 2. The third-order valence-corrected chi connectivity index (χ3v) is 5.13. The number of hydrogen-bond donors (Lipinski definition) is 1. The van der Waals surface area contributed by atoms with E-state index in [1.165, 1.54) is 12.1 Å². The molecule has 148 valence electrons. The lowest BCUT2D eigenvalue weighted by molar-refractivity contribution is -0.117. The van der Waals surface area contributed by atoms with Crippen molar-refractivity contribution >= 4 is 28.3 Å². The van der Waals surface area contributed by atoms with E-state index in [1.54, 1.807) is 12.1 Å². The second-order valence-electron chi connectivity index (χ2n) is 7.19. The molecule has 6 heteroatoms. The molecule has 1 N–H and O–H groups in total. The van der Waals surface area contributed by atoms with Gasteiger partial charge in [0.2, 0.25) is 5.91 Å². The summed E-state index contributed by atoms with van der Waals surface area (Å²) in [4.78, 5) is 28.9. The Morgan fingerprint density at radius 2 is 1.62 bits per heavy atom.